The molecule has 1 aromatic carbocycles. The second kappa shape index (κ2) is 6.12. The van der Waals surface area contributed by atoms with Crippen LogP contribution < -0.4 is 10.1 Å². The van der Waals surface area contributed by atoms with E-state index in [2.05, 4.69) is 5.32 Å². The largest absolute Gasteiger partial charge is 0.497 e. The van der Waals surface area contributed by atoms with Crippen LogP contribution in [0, 0.1) is 0 Å². The minimum absolute atomic E-state index is 0.0211. The second-order valence-corrected chi connectivity index (χ2v) is 3.87. The fourth-order valence-corrected chi connectivity index (χ4v) is 1.33. The molecule has 1 N–H and O–H groups in total. The molecule has 0 heterocycles. The number of benzene rings is 1. The molecular formula is C12H18N2O2. The highest BCUT2D eigenvalue weighted by Crippen LogP contribution is 2.11. The van der Waals surface area contributed by atoms with Gasteiger partial charge in [-0.05, 0) is 31.8 Å². The van der Waals surface area contributed by atoms with Gasteiger partial charge in [-0.1, -0.05) is 12.1 Å². The molecule has 0 fully saturated rings. The Bertz CT molecular complexity index is 351. The van der Waals surface area contributed by atoms with Crippen LogP contribution >= 0.6 is 0 Å². The zero-order valence-electron chi connectivity index (χ0n) is 9.99. The van der Waals surface area contributed by atoms with Crippen molar-refractivity contribution in [2.45, 2.75) is 6.54 Å². The van der Waals surface area contributed by atoms with Gasteiger partial charge < -0.3 is 15.0 Å². The Morgan fingerprint density at radius 2 is 2.19 bits per heavy atom. The Balaban J connectivity index is 2.45. The third kappa shape index (κ3) is 4.31. The molecule has 0 unspecified atom stereocenters. The summed E-state index contributed by atoms with van der Waals surface area (Å²) in [6, 6.07) is 7.66. The predicted octanol–water partition coefficient (Wildman–Crippen LogP) is 0.873. The molecule has 0 radical (unpaired) electrons. The first-order valence-corrected chi connectivity index (χ1v) is 5.16. The van der Waals surface area contributed by atoms with E-state index >= 15 is 0 Å². The van der Waals surface area contributed by atoms with E-state index < -0.39 is 0 Å². The van der Waals surface area contributed by atoms with Crippen molar-refractivity contribution >= 4 is 5.91 Å². The average molecular weight is 222 g/mol. The third-order valence-electron chi connectivity index (χ3n) is 2.08. The van der Waals surface area contributed by atoms with E-state index in [0.717, 1.165) is 11.3 Å². The highest BCUT2D eigenvalue weighted by molar-refractivity contribution is 5.77. The van der Waals surface area contributed by atoms with Gasteiger partial charge in [-0.25, -0.2) is 0 Å². The maximum Gasteiger partial charge on any atom is 0.234 e. The van der Waals surface area contributed by atoms with Crippen LogP contribution in [0.25, 0.3) is 0 Å². The molecular weight excluding hydrogens is 204 g/mol. The van der Waals surface area contributed by atoms with E-state index in [4.69, 9.17) is 4.74 Å². The van der Waals surface area contributed by atoms with Crippen LogP contribution in [0.3, 0.4) is 0 Å². The first-order valence-electron chi connectivity index (χ1n) is 5.16. The predicted molar refractivity (Wildman–Crippen MR) is 63.4 cm³/mol. The highest BCUT2D eigenvalue weighted by atomic mass is 16.5. The Hall–Kier alpha value is -1.55. The highest BCUT2D eigenvalue weighted by Gasteiger charge is 2.02. The smallest absolute Gasteiger partial charge is 0.234 e. The van der Waals surface area contributed by atoms with Gasteiger partial charge in [-0.3, -0.25) is 4.79 Å². The zero-order chi connectivity index (χ0) is 12.0. The van der Waals surface area contributed by atoms with Crippen LogP contribution in [0.4, 0.5) is 0 Å². The summed E-state index contributed by atoms with van der Waals surface area (Å²) in [5.41, 5.74) is 1.03. The summed E-state index contributed by atoms with van der Waals surface area (Å²) in [7, 11) is 5.36. The summed E-state index contributed by atoms with van der Waals surface area (Å²) in [5.74, 6) is 0.826. The summed E-state index contributed by atoms with van der Waals surface area (Å²) in [4.78, 5) is 13.2. The van der Waals surface area contributed by atoms with E-state index in [1.54, 1.807) is 7.11 Å². The van der Waals surface area contributed by atoms with Crippen LogP contribution in [0.1, 0.15) is 5.56 Å². The quantitative estimate of drug-likeness (QED) is 0.804. The van der Waals surface area contributed by atoms with Crippen molar-refractivity contribution in [3.63, 3.8) is 0 Å². The van der Waals surface area contributed by atoms with Gasteiger partial charge >= 0.3 is 0 Å². The van der Waals surface area contributed by atoms with E-state index in [0.29, 0.717) is 13.1 Å². The van der Waals surface area contributed by atoms with Gasteiger partial charge in [0.05, 0.1) is 13.7 Å². The molecule has 0 aliphatic carbocycles. The van der Waals surface area contributed by atoms with Crippen molar-refractivity contribution in [1.29, 1.82) is 0 Å². The molecule has 0 aliphatic rings. The Labute approximate surface area is 96.2 Å². The summed E-state index contributed by atoms with van der Waals surface area (Å²) in [6.45, 7) is 0.938. The number of nitrogens with zero attached hydrogens (tertiary/aromatic N) is 1. The monoisotopic (exact) mass is 222 g/mol. The molecule has 4 nitrogen and oxygen atoms in total. The van der Waals surface area contributed by atoms with E-state index in [9.17, 15) is 4.79 Å². The average Bonchev–Trinajstić information content (AvgIpc) is 2.26. The van der Waals surface area contributed by atoms with Gasteiger partial charge in [0.25, 0.3) is 0 Å². The Kier molecular flexibility index (Phi) is 4.79. The summed E-state index contributed by atoms with van der Waals surface area (Å²) < 4.78 is 5.11. The SMILES string of the molecule is COc1cccc(CNC(=O)CN(C)C)c1. The van der Waals surface area contributed by atoms with Crippen molar-refractivity contribution in [2.24, 2.45) is 0 Å². The lowest BCUT2D eigenvalue weighted by atomic mass is 10.2. The second-order valence-electron chi connectivity index (χ2n) is 3.87. The van der Waals surface area contributed by atoms with Gasteiger partial charge in [0.15, 0.2) is 0 Å². The lowest BCUT2D eigenvalue weighted by Crippen LogP contribution is -2.32. The first kappa shape index (κ1) is 12.5. The molecule has 1 rings (SSSR count). The number of amides is 1. The van der Waals surface area contributed by atoms with Gasteiger partial charge in [-0.2, -0.15) is 0 Å². The van der Waals surface area contributed by atoms with Crippen LogP contribution in [-0.4, -0.2) is 38.6 Å². The van der Waals surface area contributed by atoms with Crippen LogP contribution in [0.15, 0.2) is 24.3 Å². The van der Waals surface area contributed by atoms with Crippen LogP contribution in [-0.2, 0) is 11.3 Å². The molecule has 1 amide bonds. The molecule has 4 heteroatoms. The molecule has 0 bridgehead atoms. The Morgan fingerprint density at radius 3 is 2.81 bits per heavy atom. The first-order chi connectivity index (χ1) is 7.61. The summed E-state index contributed by atoms with van der Waals surface area (Å²) in [6.07, 6.45) is 0. The lowest BCUT2D eigenvalue weighted by molar-refractivity contribution is -0.121. The fourth-order valence-electron chi connectivity index (χ4n) is 1.33. The van der Waals surface area contributed by atoms with E-state index in [-0.39, 0.29) is 5.91 Å². The van der Waals surface area contributed by atoms with Gasteiger partial charge in [0, 0.05) is 6.54 Å². The standard InChI is InChI=1S/C12H18N2O2/c1-14(2)9-12(15)13-8-10-5-4-6-11(7-10)16-3/h4-7H,8-9H2,1-3H3,(H,13,15). The number of rotatable bonds is 5. The number of carbonyl (C=O) groups excluding carboxylic acids is 1. The zero-order valence-corrected chi connectivity index (χ0v) is 9.99. The molecule has 0 aromatic heterocycles. The van der Waals surface area contributed by atoms with Gasteiger partial charge in [0.2, 0.25) is 5.91 Å². The van der Waals surface area contributed by atoms with Crippen LogP contribution in [0.2, 0.25) is 0 Å². The topological polar surface area (TPSA) is 41.6 Å². The van der Waals surface area contributed by atoms with E-state index in [1.807, 2.05) is 43.3 Å². The minimum atomic E-state index is 0.0211. The number of likely N-dealkylation sites (N-methyl/N-ethyl adjacent to an activating group) is 1. The normalized spacial score (nSPS) is 10.2. The number of carbonyl (C=O) groups is 1. The molecule has 88 valence electrons. The molecule has 0 saturated heterocycles. The molecule has 0 saturated carbocycles. The van der Waals surface area contributed by atoms with Crippen molar-refractivity contribution in [3.05, 3.63) is 29.8 Å². The number of hydrogen-bond acceptors (Lipinski definition) is 3. The lowest BCUT2D eigenvalue weighted by Gasteiger charge is -2.10. The summed E-state index contributed by atoms with van der Waals surface area (Å²) >= 11 is 0. The number of nitrogens with one attached hydrogen (secondary N) is 1. The number of ether oxygens (including phenoxy) is 1. The van der Waals surface area contributed by atoms with Gasteiger partial charge in [-0.15, -0.1) is 0 Å². The fraction of sp³-hybridized carbons (Fsp3) is 0.417. The number of methoxy groups -OCH3 is 1. The van der Waals surface area contributed by atoms with Crippen molar-refractivity contribution < 1.29 is 9.53 Å². The van der Waals surface area contributed by atoms with Crippen molar-refractivity contribution in [1.82, 2.24) is 10.2 Å². The van der Waals surface area contributed by atoms with Crippen molar-refractivity contribution in [3.8, 4) is 5.75 Å². The molecule has 0 spiro atoms. The number of hydrogen-bond donors (Lipinski definition) is 1. The molecule has 16 heavy (non-hydrogen) atoms. The van der Waals surface area contributed by atoms with Gasteiger partial charge in [0.1, 0.15) is 5.75 Å². The molecule has 0 atom stereocenters. The van der Waals surface area contributed by atoms with Crippen molar-refractivity contribution in [2.75, 3.05) is 27.7 Å². The van der Waals surface area contributed by atoms with E-state index in [1.165, 1.54) is 0 Å². The van der Waals surface area contributed by atoms with Crippen LogP contribution in [0.5, 0.6) is 5.75 Å². The third-order valence-corrected chi connectivity index (χ3v) is 2.08. The maximum atomic E-state index is 11.4. The molecule has 1 aromatic rings. The minimum Gasteiger partial charge on any atom is -0.497 e. The Morgan fingerprint density at radius 1 is 1.44 bits per heavy atom. The molecule has 0 aliphatic heterocycles. The maximum absolute atomic E-state index is 11.4. The summed E-state index contributed by atoms with van der Waals surface area (Å²) in [5, 5.41) is 2.85.